The Morgan fingerprint density at radius 3 is 2.44 bits per heavy atom. The third-order valence-corrected chi connectivity index (χ3v) is 6.51. The molecule has 3 aliphatic rings. The number of H-pyrrole nitrogens is 1. The third-order valence-electron chi connectivity index (χ3n) is 6.51. The lowest BCUT2D eigenvalue weighted by Crippen LogP contribution is -2.46. The molecule has 2 aliphatic carbocycles. The highest BCUT2D eigenvalue weighted by Crippen LogP contribution is 2.36. The first-order chi connectivity index (χ1) is 12.3. The Balaban J connectivity index is 1.34. The van der Waals surface area contributed by atoms with Crippen molar-refractivity contribution in [1.29, 1.82) is 0 Å². The topological polar surface area (TPSA) is 22.3 Å². The first-order valence-corrected chi connectivity index (χ1v) is 10.3. The van der Waals surface area contributed by atoms with Gasteiger partial charge in [-0.1, -0.05) is 6.07 Å². The minimum absolute atomic E-state index is 0.949. The molecule has 134 valence electrons. The van der Waals surface area contributed by atoms with E-state index in [9.17, 15) is 0 Å². The summed E-state index contributed by atoms with van der Waals surface area (Å²) in [6.07, 6.45) is 9.22. The van der Waals surface area contributed by atoms with E-state index < -0.39 is 0 Å². The summed E-state index contributed by atoms with van der Waals surface area (Å²) in [5.41, 5.74) is 5.98. The molecule has 0 spiro atoms. The number of piperazine rings is 1. The number of nitrogens with zero attached hydrogens (tertiary/aromatic N) is 2. The van der Waals surface area contributed by atoms with Gasteiger partial charge in [-0.3, -0.25) is 4.90 Å². The maximum Gasteiger partial charge on any atom is 0.0487 e. The normalized spacial score (nSPS) is 22.8. The number of hydrogen-bond acceptors (Lipinski definition) is 2. The molecule has 3 fully saturated rings. The zero-order chi connectivity index (χ0) is 16.8. The van der Waals surface area contributed by atoms with Gasteiger partial charge in [0.05, 0.1) is 0 Å². The van der Waals surface area contributed by atoms with Crippen LogP contribution in [-0.2, 0) is 13.0 Å². The minimum Gasteiger partial charge on any atom is -0.361 e. The summed E-state index contributed by atoms with van der Waals surface area (Å²) in [5.74, 6) is 1.97. The smallest absolute Gasteiger partial charge is 0.0487 e. The van der Waals surface area contributed by atoms with Crippen LogP contribution < -0.4 is 0 Å². The quantitative estimate of drug-likeness (QED) is 0.862. The molecule has 1 N–H and O–H groups in total. The predicted octanol–water partition coefficient (Wildman–Crippen LogP) is 3.96. The van der Waals surface area contributed by atoms with Gasteiger partial charge in [-0.2, -0.15) is 0 Å². The number of rotatable bonds is 6. The first kappa shape index (κ1) is 15.9. The predicted molar refractivity (Wildman–Crippen MR) is 104 cm³/mol. The molecule has 0 unspecified atom stereocenters. The standard InChI is InChI=1S/C22H31N3/c1-16-12-19(13-17-2-3-17)21(20-6-7-23-22(16)20)15-25-10-8-24(9-11-25)14-18-4-5-18/h6-7,12,17-18,23H,2-5,8-11,13-15H2,1H3. The highest BCUT2D eigenvalue weighted by atomic mass is 15.3. The fourth-order valence-electron chi connectivity index (χ4n) is 4.56. The summed E-state index contributed by atoms with van der Waals surface area (Å²) in [4.78, 5) is 8.86. The molecule has 1 saturated heterocycles. The average Bonchev–Trinajstić information content (AvgIpc) is 3.53. The van der Waals surface area contributed by atoms with Crippen LogP contribution in [0.5, 0.6) is 0 Å². The minimum atomic E-state index is 0.949. The van der Waals surface area contributed by atoms with Crippen LogP contribution in [0.25, 0.3) is 10.9 Å². The van der Waals surface area contributed by atoms with Gasteiger partial charge in [0.25, 0.3) is 0 Å². The summed E-state index contributed by atoms with van der Waals surface area (Å²) >= 11 is 0. The molecule has 2 saturated carbocycles. The number of aromatic amines is 1. The van der Waals surface area contributed by atoms with Crippen molar-refractivity contribution in [2.45, 2.75) is 45.6 Å². The maximum atomic E-state index is 3.47. The van der Waals surface area contributed by atoms with Crippen molar-refractivity contribution in [3.8, 4) is 0 Å². The van der Waals surface area contributed by atoms with Crippen molar-refractivity contribution in [2.24, 2.45) is 11.8 Å². The molecule has 2 aromatic rings. The molecule has 1 aliphatic heterocycles. The molecule has 1 aromatic carbocycles. The first-order valence-electron chi connectivity index (χ1n) is 10.3. The van der Waals surface area contributed by atoms with Gasteiger partial charge in [0.1, 0.15) is 0 Å². The van der Waals surface area contributed by atoms with Crippen molar-refractivity contribution in [2.75, 3.05) is 32.7 Å². The second kappa shape index (κ2) is 6.44. The Labute approximate surface area is 151 Å². The number of aryl methyl sites for hydroxylation is 1. The van der Waals surface area contributed by atoms with E-state index >= 15 is 0 Å². The summed E-state index contributed by atoms with van der Waals surface area (Å²) < 4.78 is 0. The average molecular weight is 338 g/mol. The van der Waals surface area contributed by atoms with E-state index in [0.717, 1.165) is 18.4 Å². The second-order valence-electron chi connectivity index (χ2n) is 8.77. The summed E-state index contributed by atoms with van der Waals surface area (Å²) in [5, 5.41) is 1.47. The van der Waals surface area contributed by atoms with Crippen LogP contribution in [0.4, 0.5) is 0 Å². The lowest BCUT2D eigenvalue weighted by Gasteiger charge is -2.35. The number of fused-ring (bicyclic) bond motifs is 1. The molecular weight excluding hydrogens is 306 g/mol. The van der Waals surface area contributed by atoms with Gasteiger partial charge in [-0.25, -0.2) is 0 Å². The van der Waals surface area contributed by atoms with Gasteiger partial charge < -0.3 is 9.88 Å². The Kier molecular flexibility index (Phi) is 4.10. The summed E-state index contributed by atoms with van der Waals surface area (Å²) in [6.45, 7) is 9.73. The van der Waals surface area contributed by atoms with Crippen LogP contribution in [0.2, 0.25) is 0 Å². The third kappa shape index (κ3) is 3.50. The Bertz CT molecular complexity index is 746. The van der Waals surface area contributed by atoms with Crippen molar-refractivity contribution in [3.05, 3.63) is 35.0 Å². The van der Waals surface area contributed by atoms with E-state index in [4.69, 9.17) is 0 Å². The number of aromatic nitrogens is 1. The number of nitrogens with one attached hydrogen (secondary N) is 1. The van der Waals surface area contributed by atoms with Gasteiger partial charge in [0.2, 0.25) is 0 Å². The molecule has 1 aromatic heterocycles. The van der Waals surface area contributed by atoms with Crippen LogP contribution in [-0.4, -0.2) is 47.5 Å². The van der Waals surface area contributed by atoms with Crippen LogP contribution >= 0.6 is 0 Å². The van der Waals surface area contributed by atoms with Crippen molar-refractivity contribution >= 4 is 10.9 Å². The SMILES string of the molecule is Cc1cc(CC2CC2)c(CN2CCN(CC3CC3)CC2)c2cc[nH]c12. The van der Waals surface area contributed by atoms with E-state index in [1.165, 1.54) is 81.3 Å². The molecular formula is C22H31N3. The molecule has 0 bridgehead atoms. The molecule has 2 heterocycles. The Hall–Kier alpha value is -1.32. The Morgan fingerprint density at radius 1 is 1.00 bits per heavy atom. The summed E-state index contributed by atoms with van der Waals surface area (Å²) in [6, 6.07) is 4.77. The largest absolute Gasteiger partial charge is 0.361 e. The van der Waals surface area contributed by atoms with Crippen LogP contribution in [0, 0.1) is 18.8 Å². The van der Waals surface area contributed by atoms with Crippen LogP contribution in [0.1, 0.15) is 42.4 Å². The molecule has 0 amide bonds. The molecule has 0 radical (unpaired) electrons. The van der Waals surface area contributed by atoms with Gasteiger partial charge in [-0.05, 0) is 73.6 Å². The van der Waals surface area contributed by atoms with E-state index in [0.29, 0.717) is 0 Å². The highest BCUT2D eigenvalue weighted by molar-refractivity contribution is 5.87. The van der Waals surface area contributed by atoms with Gasteiger partial charge in [0, 0.05) is 56.4 Å². The lowest BCUT2D eigenvalue weighted by molar-refractivity contribution is 0.123. The number of hydrogen-bond donors (Lipinski definition) is 1. The van der Waals surface area contributed by atoms with E-state index in [-0.39, 0.29) is 0 Å². The number of benzene rings is 1. The van der Waals surface area contributed by atoms with E-state index in [1.807, 2.05) is 0 Å². The zero-order valence-electron chi connectivity index (χ0n) is 15.6. The Morgan fingerprint density at radius 2 is 1.72 bits per heavy atom. The zero-order valence-corrected chi connectivity index (χ0v) is 15.6. The second-order valence-corrected chi connectivity index (χ2v) is 8.77. The van der Waals surface area contributed by atoms with Gasteiger partial charge in [0.15, 0.2) is 0 Å². The van der Waals surface area contributed by atoms with Crippen molar-refractivity contribution in [3.63, 3.8) is 0 Å². The van der Waals surface area contributed by atoms with E-state index in [1.54, 1.807) is 11.1 Å². The highest BCUT2D eigenvalue weighted by Gasteiger charge is 2.28. The molecule has 25 heavy (non-hydrogen) atoms. The van der Waals surface area contributed by atoms with Gasteiger partial charge in [-0.15, -0.1) is 0 Å². The molecule has 5 rings (SSSR count). The summed E-state index contributed by atoms with van der Waals surface area (Å²) in [7, 11) is 0. The fraction of sp³-hybridized carbons (Fsp3) is 0.636. The van der Waals surface area contributed by atoms with Gasteiger partial charge >= 0.3 is 0 Å². The lowest BCUT2D eigenvalue weighted by atomic mass is 9.95. The van der Waals surface area contributed by atoms with Crippen molar-refractivity contribution < 1.29 is 0 Å². The van der Waals surface area contributed by atoms with E-state index in [2.05, 4.69) is 40.0 Å². The molecule has 3 heteroatoms. The van der Waals surface area contributed by atoms with Crippen LogP contribution in [0.3, 0.4) is 0 Å². The van der Waals surface area contributed by atoms with Crippen molar-refractivity contribution in [1.82, 2.24) is 14.8 Å². The molecule has 3 nitrogen and oxygen atoms in total. The molecule has 0 atom stereocenters. The van der Waals surface area contributed by atoms with Crippen LogP contribution in [0.15, 0.2) is 18.3 Å². The fourth-order valence-corrected chi connectivity index (χ4v) is 4.56. The maximum absolute atomic E-state index is 3.47. The monoisotopic (exact) mass is 337 g/mol.